The van der Waals surface area contributed by atoms with Gasteiger partial charge in [0.15, 0.2) is 0 Å². The van der Waals surface area contributed by atoms with Crippen molar-refractivity contribution in [1.29, 1.82) is 0 Å². The third kappa shape index (κ3) is 5.90. The Morgan fingerprint density at radius 3 is 2.32 bits per heavy atom. The predicted molar refractivity (Wildman–Crippen MR) is 128 cm³/mol. The molecule has 0 aliphatic carbocycles. The molecular formula is C24H25N3O6S. The molecule has 0 spiro atoms. The molecule has 0 aromatic heterocycles. The third-order valence-electron chi connectivity index (χ3n) is 5.20. The lowest BCUT2D eigenvalue weighted by molar-refractivity contribution is -0.384. The first-order chi connectivity index (χ1) is 16.2. The summed E-state index contributed by atoms with van der Waals surface area (Å²) in [7, 11) is -4.09. The van der Waals surface area contributed by atoms with E-state index in [1.165, 1.54) is 36.4 Å². The molecule has 0 fully saturated rings. The van der Waals surface area contributed by atoms with Crippen LogP contribution in [0.15, 0.2) is 77.7 Å². The molecule has 0 saturated carbocycles. The summed E-state index contributed by atoms with van der Waals surface area (Å²) in [6.45, 7) is 3.80. The van der Waals surface area contributed by atoms with Crippen LogP contribution in [0.4, 0.5) is 11.4 Å². The summed E-state index contributed by atoms with van der Waals surface area (Å²) in [5, 5.41) is 13.6. The van der Waals surface area contributed by atoms with Gasteiger partial charge in [-0.3, -0.25) is 19.2 Å². The van der Waals surface area contributed by atoms with Crippen LogP contribution in [-0.4, -0.2) is 38.9 Å². The minimum atomic E-state index is -4.09. The van der Waals surface area contributed by atoms with Crippen molar-refractivity contribution in [2.45, 2.75) is 18.7 Å². The molecule has 10 heteroatoms. The second-order valence-corrected chi connectivity index (χ2v) is 9.36. The number of nitrogens with one attached hydrogen (secondary N) is 1. The summed E-state index contributed by atoms with van der Waals surface area (Å²) < 4.78 is 33.2. The van der Waals surface area contributed by atoms with Gasteiger partial charge in [0.2, 0.25) is 5.91 Å². The molecule has 0 unspecified atom stereocenters. The summed E-state index contributed by atoms with van der Waals surface area (Å²) in [4.78, 5) is 23.0. The summed E-state index contributed by atoms with van der Waals surface area (Å²) >= 11 is 0. The van der Waals surface area contributed by atoms with Gasteiger partial charge in [-0.15, -0.1) is 0 Å². The number of nitrogens with zero attached hydrogens (tertiary/aromatic N) is 2. The monoisotopic (exact) mass is 483 g/mol. The lowest BCUT2D eigenvalue weighted by Crippen LogP contribution is -2.41. The maximum atomic E-state index is 13.3. The number of amides is 1. The standard InChI is InChI=1S/C24H25N3O6S/c1-18-7-6-10-23(19(18)2)33-16-15-25-24(28)17-26(20-11-13-21(14-12-20)27(29)30)34(31,32)22-8-4-3-5-9-22/h3-14H,15-17H2,1-2H3,(H,25,28). The van der Waals surface area contributed by atoms with E-state index < -0.39 is 27.4 Å². The van der Waals surface area contributed by atoms with Crippen LogP contribution in [0.2, 0.25) is 0 Å². The Hall–Kier alpha value is -3.92. The average Bonchev–Trinajstić information content (AvgIpc) is 2.83. The number of aryl methyl sites for hydroxylation is 1. The van der Waals surface area contributed by atoms with E-state index in [2.05, 4.69) is 5.32 Å². The minimum Gasteiger partial charge on any atom is -0.491 e. The van der Waals surface area contributed by atoms with E-state index in [0.29, 0.717) is 5.75 Å². The van der Waals surface area contributed by atoms with Crippen molar-refractivity contribution in [2.75, 3.05) is 24.0 Å². The molecule has 0 aliphatic heterocycles. The molecule has 0 bridgehead atoms. The number of nitro groups is 1. The number of nitro benzene ring substituents is 1. The number of hydrogen-bond donors (Lipinski definition) is 1. The van der Waals surface area contributed by atoms with Crippen LogP contribution in [-0.2, 0) is 14.8 Å². The smallest absolute Gasteiger partial charge is 0.269 e. The van der Waals surface area contributed by atoms with Crippen LogP contribution >= 0.6 is 0 Å². The quantitative estimate of drug-likeness (QED) is 0.267. The number of rotatable bonds is 10. The van der Waals surface area contributed by atoms with Crippen LogP contribution in [0.1, 0.15) is 11.1 Å². The maximum absolute atomic E-state index is 13.3. The SMILES string of the molecule is Cc1cccc(OCCNC(=O)CN(c2ccc([N+](=O)[O-])cc2)S(=O)(=O)c2ccccc2)c1C. The van der Waals surface area contributed by atoms with Crippen molar-refractivity contribution in [2.24, 2.45) is 0 Å². The van der Waals surface area contributed by atoms with Gasteiger partial charge in [-0.25, -0.2) is 8.42 Å². The van der Waals surface area contributed by atoms with Gasteiger partial charge in [0.25, 0.3) is 15.7 Å². The summed E-state index contributed by atoms with van der Waals surface area (Å²) in [6, 6.07) is 18.4. The lowest BCUT2D eigenvalue weighted by Gasteiger charge is -2.24. The van der Waals surface area contributed by atoms with Crippen LogP contribution < -0.4 is 14.4 Å². The van der Waals surface area contributed by atoms with Gasteiger partial charge in [-0.2, -0.15) is 0 Å². The van der Waals surface area contributed by atoms with Crippen LogP contribution in [0.25, 0.3) is 0 Å². The van der Waals surface area contributed by atoms with Gasteiger partial charge >= 0.3 is 0 Å². The molecule has 34 heavy (non-hydrogen) atoms. The fraction of sp³-hybridized carbons (Fsp3) is 0.208. The Morgan fingerprint density at radius 2 is 1.68 bits per heavy atom. The summed E-state index contributed by atoms with van der Waals surface area (Å²) in [6.07, 6.45) is 0. The summed E-state index contributed by atoms with van der Waals surface area (Å²) in [5.41, 5.74) is 2.05. The minimum absolute atomic E-state index is 0.000547. The Balaban J connectivity index is 1.72. The molecule has 3 rings (SSSR count). The van der Waals surface area contributed by atoms with E-state index in [1.807, 2.05) is 32.0 Å². The Labute approximate surface area is 198 Å². The second-order valence-electron chi connectivity index (χ2n) is 7.49. The average molecular weight is 484 g/mol. The number of sulfonamides is 1. The van der Waals surface area contributed by atoms with E-state index in [1.54, 1.807) is 18.2 Å². The van der Waals surface area contributed by atoms with E-state index >= 15 is 0 Å². The fourth-order valence-corrected chi connectivity index (χ4v) is 4.64. The molecule has 0 atom stereocenters. The first kappa shape index (κ1) is 24.7. The normalized spacial score (nSPS) is 11.0. The summed E-state index contributed by atoms with van der Waals surface area (Å²) in [5.74, 6) is 0.177. The third-order valence-corrected chi connectivity index (χ3v) is 6.99. The highest BCUT2D eigenvalue weighted by molar-refractivity contribution is 7.92. The highest BCUT2D eigenvalue weighted by atomic mass is 32.2. The molecule has 1 N–H and O–H groups in total. The number of ether oxygens (including phenoxy) is 1. The van der Waals surface area contributed by atoms with Gasteiger partial charge in [0.05, 0.1) is 22.1 Å². The van der Waals surface area contributed by atoms with E-state index in [4.69, 9.17) is 4.74 Å². The Kier molecular flexibility index (Phi) is 7.85. The highest BCUT2D eigenvalue weighted by Crippen LogP contribution is 2.25. The second kappa shape index (κ2) is 10.8. The van der Waals surface area contributed by atoms with E-state index in [-0.39, 0.29) is 29.4 Å². The van der Waals surface area contributed by atoms with Gasteiger partial charge in [0, 0.05) is 12.1 Å². The maximum Gasteiger partial charge on any atom is 0.269 e. The largest absolute Gasteiger partial charge is 0.491 e. The van der Waals surface area contributed by atoms with Crippen molar-refractivity contribution in [3.05, 3.63) is 94.0 Å². The van der Waals surface area contributed by atoms with Crippen LogP contribution in [0.3, 0.4) is 0 Å². The van der Waals surface area contributed by atoms with Crippen LogP contribution in [0.5, 0.6) is 5.75 Å². The van der Waals surface area contributed by atoms with Gasteiger partial charge in [-0.1, -0.05) is 30.3 Å². The molecule has 1 amide bonds. The Bertz CT molecular complexity index is 1260. The Morgan fingerprint density at radius 1 is 1.00 bits per heavy atom. The topological polar surface area (TPSA) is 119 Å². The number of hydrogen-bond acceptors (Lipinski definition) is 6. The molecule has 0 aliphatic rings. The number of carbonyl (C=O) groups is 1. The molecule has 178 valence electrons. The zero-order chi connectivity index (χ0) is 24.7. The molecule has 0 saturated heterocycles. The van der Waals surface area contributed by atoms with Crippen molar-refractivity contribution in [3.8, 4) is 5.75 Å². The number of non-ortho nitro benzene ring substituents is 1. The molecule has 3 aromatic rings. The molecule has 9 nitrogen and oxygen atoms in total. The predicted octanol–water partition coefficient (Wildman–Crippen LogP) is 3.60. The lowest BCUT2D eigenvalue weighted by atomic mass is 10.1. The molecule has 3 aromatic carbocycles. The first-order valence-corrected chi connectivity index (χ1v) is 11.9. The first-order valence-electron chi connectivity index (χ1n) is 10.5. The van der Waals surface area contributed by atoms with Crippen molar-refractivity contribution in [3.63, 3.8) is 0 Å². The number of anilines is 1. The molecule has 0 radical (unpaired) electrons. The van der Waals surface area contributed by atoms with E-state index in [9.17, 15) is 23.3 Å². The number of benzene rings is 3. The van der Waals surface area contributed by atoms with Crippen molar-refractivity contribution >= 4 is 27.3 Å². The van der Waals surface area contributed by atoms with Crippen molar-refractivity contribution in [1.82, 2.24) is 5.32 Å². The van der Waals surface area contributed by atoms with Gasteiger partial charge < -0.3 is 10.1 Å². The zero-order valence-corrected chi connectivity index (χ0v) is 19.6. The fourth-order valence-electron chi connectivity index (χ4n) is 3.19. The molecule has 0 heterocycles. The number of carbonyl (C=O) groups excluding carboxylic acids is 1. The van der Waals surface area contributed by atoms with Gasteiger partial charge in [0.1, 0.15) is 18.9 Å². The zero-order valence-electron chi connectivity index (χ0n) is 18.8. The van der Waals surface area contributed by atoms with Gasteiger partial charge in [-0.05, 0) is 55.3 Å². The van der Waals surface area contributed by atoms with Crippen LogP contribution in [0, 0.1) is 24.0 Å². The van der Waals surface area contributed by atoms with E-state index in [0.717, 1.165) is 15.4 Å². The highest BCUT2D eigenvalue weighted by Gasteiger charge is 2.27. The van der Waals surface area contributed by atoms with Crippen molar-refractivity contribution < 1.29 is 22.9 Å². The molecular weight excluding hydrogens is 458 g/mol.